The third-order valence-corrected chi connectivity index (χ3v) is 3.57. The monoisotopic (exact) mass is 314 g/mol. The molecule has 2 heterocycles. The largest absolute Gasteiger partial charge is 0.296 e. The average molecular weight is 315 g/mol. The van der Waals surface area contributed by atoms with Gasteiger partial charge in [-0.3, -0.25) is 9.20 Å². The standard InChI is InChI=1S/C15H11BrN2O/c1-10-4-2-7-14-13(9-19)17-15(18(10)14)11-5-3-6-12(16)8-11/h2-9H,1H3. The lowest BCUT2D eigenvalue weighted by molar-refractivity contribution is 0.112. The first-order valence-electron chi connectivity index (χ1n) is 5.90. The Balaban J connectivity index is 2.38. The number of halogens is 1. The second-order valence-corrected chi connectivity index (χ2v) is 5.25. The third-order valence-electron chi connectivity index (χ3n) is 3.08. The molecular formula is C15H11BrN2O. The SMILES string of the molecule is Cc1cccc2c(C=O)nc(-c3cccc(Br)c3)n12. The molecular weight excluding hydrogens is 304 g/mol. The Morgan fingerprint density at radius 3 is 2.74 bits per heavy atom. The average Bonchev–Trinajstić information content (AvgIpc) is 2.79. The molecule has 0 bridgehead atoms. The molecule has 0 N–H and O–H groups in total. The summed E-state index contributed by atoms with van der Waals surface area (Å²) in [4.78, 5) is 15.6. The first kappa shape index (κ1) is 12.1. The van der Waals surface area contributed by atoms with E-state index < -0.39 is 0 Å². The molecule has 0 radical (unpaired) electrons. The highest BCUT2D eigenvalue weighted by molar-refractivity contribution is 9.10. The van der Waals surface area contributed by atoms with Crippen LogP contribution in [0.25, 0.3) is 16.9 Å². The number of fused-ring (bicyclic) bond motifs is 1. The second kappa shape index (κ2) is 4.63. The van der Waals surface area contributed by atoms with E-state index in [1.54, 1.807) is 0 Å². The number of imidazole rings is 1. The minimum Gasteiger partial charge on any atom is -0.296 e. The maximum absolute atomic E-state index is 11.2. The molecule has 4 heteroatoms. The summed E-state index contributed by atoms with van der Waals surface area (Å²) in [6.45, 7) is 2.00. The Morgan fingerprint density at radius 2 is 2.00 bits per heavy atom. The summed E-state index contributed by atoms with van der Waals surface area (Å²) in [5, 5.41) is 0. The number of benzene rings is 1. The van der Waals surface area contributed by atoms with Crippen LogP contribution in [-0.2, 0) is 0 Å². The number of rotatable bonds is 2. The lowest BCUT2D eigenvalue weighted by Crippen LogP contribution is -1.93. The summed E-state index contributed by atoms with van der Waals surface area (Å²) in [6, 6.07) is 13.8. The molecule has 19 heavy (non-hydrogen) atoms. The van der Waals surface area contributed by atoms with Crippen LogP contribution < -0.4 is 0 Å². The van der Waals surface area contributed by atoms with Gasteiger partial charge in [0, 0.05) is 15.7 Å². The van der Waals surface area contributed by atoms with Gasteiger partial charge >= 0.3 is 0 Å². The fraction of sp³-hybridized carbons (Fsp3) is 0.0667. The minimum absolute atomic E-state index is 0.471. The van der Waals surface area contributed by atoms with Gasteiger partial charge in [-0.05, 0) is 31.2 Å². The molecule has 0 unspecified atom stereocenters. The molecule has 94 valence electrons. The van der Waals surface area contributed by atoms with E-state index in [1.807, 2.05) is 53.8 Å². The zero-order valence-electron chi connectivity index (χ0n) is 10.3. The van der Waals surface area contributed by atoms with Crippen LogP contribution in [-0.4, -0.2) is 15.7 Å². The van der Waals surface area contributed by atoms with Crippen LogP contribution in [0.5, 0.6) is 0 Å². The van der Waals surface area contributed by atoms with Gasteiger partial charge in [0.15, 0.2) is 6.29 Å². The molecule has 0 saturated heterocycles. The molecule has 0 amide bonds. The van der Waals surface area contributed by atoms with Crippen molar-refractivity contribution < 1.29 is 4.79 Å². The maximum atomic E-state index is 11.2. The van der Waals surface area contributed by atoms with Crippen molar-refractivity contribution in [3.8, 4) is 11.4 Å². The molecule has 2 aromatic heterocycles. The molecule has 3 aromatic rings. The fourth-order valence-corrected chi connectivity index (χ4v) is 2.63. The topological polar surface area (TPSA) is 34.4 Å². The fourth-order valence-electron chi connectivity index (χ4n) is 2.23. The van der Waals surface area contributed by atoms with E-state index in [0.717, 1.165) is 33.4 Å². The van der Waals surface area contributed by atoms with E-state index in [9.17, 15) is 4.79 Å². The Bertz CT molecular complexity index is 777. The summed E-state index contributed by atoms with van der Waals surface area (Å²) in [6.07, 6.45) is 0.802. The number of aryl methyl sites for hydroxylation is 1. The molecule has 1 aromatic carbocycles. The van der Waals surface area contributed by atoms with Crippen molar-refractivity contribution in [2.24, 2.45) is 0 Å². The van der Waals surface area contributed by atoms with Gasteiger partial charge in [0.05, 0.1) is 5.52 Å². The summed E-state index contributed by atoms with van der Waals surface area (Å²) >= 11 is 3.46. The van der Waals surface area contributed by atoms with Crippen LogP contribution in [0, 0.1) is 6.92 Å². The molecule has 0 saturated carbocycles. The zero-order valence-corrected chi connectivity index (χ0v) is 11.9. The van der Waals surface area contributed by atoms with Gasteiger partial charge in [-0.15, -0.1) is 0 Å². The predicted octanol–water partition coefficient (Wildman–Crippen LogP) is 3.88. The van der Waals surface area contributed by atoms with Crippen molar-refractivity contribution in [1.29, 1.82) is 0 Å². The van der Waals surface area contributed by atoms with E-state index >= 15 is 0 Å². The highest BCUT2D eigenvalue weighted by atomic mass is 79.9. The summed E-state index contributed by atoms with van der Waals surface area (Å²) in [5.74, 6) is 0.788. The molecule has 0 fully saturated rings. The first-order valence-corrected chi connectivity index (χ1v) is 6.69. The van der Waals surface area contributed by atoms with Gasteiger partial charge in [-0.25, -0.2) is 4.98 Å². The van der Waals surface area contributed by atoms with Gasteiger partial charge < -0.3 is 0 Å². The van der Waals surface area contributed by atoms with Crippen LogP contribution in [0.15, 0.2) is 46.9 Å². The van der Waals surface area contributed by atoms with E-state index in [2.05, 4.69) is 20.9 Å². The molecule has 0 aliphatic heterocycles. The van der Waals surface area contributed by atoms with Crippen molar-refractivity contribution in [3.05, 3.63) is 58.3 Å². The van der Waals surface area contributed by atoms with Crippen molar-refractivity contribution in [1.82, 2.24) is 9.38 Å². The molecule has 0 spiro atoms. The molecule has 3 rings (SSSR count). The van der Waals surface area contributed by atoms with E-state index in [4.69, 9.17) is 0 Å². The van der Waals surface area contributed by atoms with Crippen LogP contribution in [0.1, 0.15) is 16.2 Å². The zero-order chi connectivity index (χ0) is 13.4. The number of nitrogens with zero attached hydrogens (tertiary/aromatic N) is 2. The van der Waals surface area contributed by atoms with Crippen molar-refractivity contribution >= 4 is 27.7 Å². The van der Waals surface area contributed by atoms with E-state index in [0.29, 0.717) is 5.69 Å². The normalized spacial score (nSPS) is 10.8. The summed E-state index contributed by atoms with van der Waals surface area (Å²) < 4.78 is 2.99. The second-order valence-electron chi connectivity index (χ2n) is 4.34. The van der Waals surface area contributed by atoms with Crippen LogP contribution in [0.2, 0.25) is 0 Å². The predicted molar refractivity (Wildman–Crippen MR) is 78.5 cm³/mol. The summed E-state index contributed by atoms with van der Waals surface area (Å²) in [7, 11) is 0. The number of hydrogen-bond donors (Lipinski definition) is 0. The van der Waals surface area contributed by atoms with Crippen LogP contribution >= 0.6 is 15.9 Å². The van der Waals surface area contributed by atoms with Gasteiger partial charge in [0.1, 0.15) is 11.5 Å². The van der Waals surface area contributed by atoms with E-state index in [1.165, 1.54) is 0 Å². The quantitative estimate of drug-likeness (QED) is 0.673. The number of aldehydes is 1. The molecule has 0 aliphatic rings. The minimum atomic E-state index is 0.471. The first-order chi connectivity index (χ1) is 9.20. The van der Waals surface area contributed by atoms with Crippen LogP contribution in [0.3, 0.4) is 0 Å². The lowest BCUT2D eigenvalue weighted by Gasteiger charge is -2.05. The summed E-state index contributed by atoms with van der Waals surface area (Å²) in [5.41, 5.74) is 3.34. The molecule has 0 atom stereocenters. The Kier molecular flexibility index (Phi) is 2.95. The highest BCUT2D eigenvalue weighted by Gasteiger charge is 2.13. The van der Waals surface area contributed by atoms with Gasteiger partial charge in [-0.1, -0.05) is 34.1 Å². The van der Waals surface area contributed by atoms with Crippen molar-refractivity contribution in [2.75, 3.05) is 0 Å². The number of carbonyl (C=O) groups is 1. The Hall–Kier alpha value is -1.94. The lowest BCUT2D eigenvalue weighted by atomic mass is 10.2. The highest BCUT2D eigenvalue weighted by Crippen LogP contribution is 2.25. The number of aromatic nitrogens is 2. The smallest absolute Gasteiger partial charge is 0.170 e. The Labute approximate surface area is 119 Å². The molecule has 3 nitrogen and oxygen atoms in total. The third kappa shape index (κ3) is 1.98. The number of pyridine rings is 1. The Morgan fingerprint density at radius 1 is 1.21 bits per heavy atom. The van der Waals surface area contributed by atoms with Gasteiger partial charge in [0.2, 0.25) is 0 Å². The van der Waals surface area contributed by atoms with E-state index in [-0.39, 0.29) is 0 Å². The van der Waals surface area contributed by atoms with Crippen LogP contribution in [0.4, 0.5) is 0 Å². The van der Waals surface area contributed by atoms with Crippen molar-refractivity contribution in [3.63, 3.8) is 0 Å². The number of carbonyl (C=O) groups excluding carboxylic acids is 1. The van der Waals surface area contributed by atoms with Gasteiger partial charge in [0.25, 0.3) is 0 Å². The van der Waals surface area contributed by atoms with Crippen molar-refractivity contribution in [2.45, 2.75) is 6.92 Å². The van der Waals surface area contributed by atoms with Gasteiger partial charge in [-0.2, -0.15) is 0 Å². The molecule has 0 aliphatic carbocycles. The maximum Gasteiger partial charge on any atom is 0.170 e. The number of hydrogen-bond acceptors (Lipinski definition) is 2.